The first-order valence-corrected chi connectivity index (χ1v) is 8.33. The highest BCUT2D eigenvalue weighted by Crippen LogP contribution is 2.23. The molecule has 0 bridgehead atoms. The van der Waals surface area contributed by atoms with Gasteiger partial charge in [-0.2, -0.15) is 0 Å². The van der Waals surface area contributed by atoms with Crippen molar-refractivity contribution in [3.05, 3.63) is 28.2 Å². The van der Waals surface area contributed by atoms with E-state index in [1.54, 1.807) is 0 Å². The molecule has 0 aliphatic heterocycles. The van der Waals surface area contributed by atoms with Crippen molar-refractivity contribution < 1.29 is 8.78 Å². The Morgan fingerprint density at radius 1 is 0.900 bits per heavy atom. The Balaban J connectivity index is 2.11. The van der Waals surface area contributed by atoms with Crippen LogP contribution in [0.2, 0.25) is 0 Å². The molecule has 1 aromatic carbocycles. The van der Waals surface area contributed by atoms with Crippen LogP contribution in [0, 0.1) is 11.6 Å². The van der Waals surface area contributed by atoms with Crippen LogP contribution in [0.15, 0.2) is 16.6 Å². The summed E-state index contributed by atoms with van der Waals surface area (Å²) in [7, 11) is 0. The highest BCUT2D eigenvalue weighted by molar-refractivity contribution is 9.10. The SMILES string of the molecule is CCCCCCCCCCNc1cc(F)c(Br)cc1F. The second-order valence-electron chi connectivity index (χ2n) is 5.15. The van der Waals surface area contributed by atoms with Gasteiger partial charge in [0, 0.05) is 12.6 Å². The van der Waals surface area contributed by atoms with Gasteiger partial charge in [-0.3, -0.25) is 0 Å². The summed E-state index contributed by atoms with van der Waals surface area (Å²) in [6.45, 7) is 2.91. The van der Waals surface area contributed by atoms with Crippen molar-refractivity contribution >= 4 is 21.6 Å². The Labute approximate surface area is 129 Å². The Morgan fingerprint density at radius 2 is 1.50 bits per heavy atom. The number of unbranched alkanes of at least 4 members (excludes halogenated alkanes) is 7. The van der Waals surface area contributed by atoms with Crippen molar-refractivity contribution in [1.82, 2.24) is 0 Å². The Hall–Kier alpha value is -0.640. The van der Waals surface area contributed by atoms with Crippen LogP contribution in [0.3, 0.4) is 0 Å². The predicted molar refractivity (Wildman–Crippen MR) is 85.2 cm³/mol. The van der Waals surface area contributed by atoms with E-state index < -0.39 is 11.6 Å². The first-order valence-electron chi connectivity index (χ1n) is 7.53. The molecule has 0 atom stereocenters. The van der Waals surface area contributed by atoms with Gasteiger partial charge in [-0.25, -0.2) is 8.78 Å². The molecule has 0 heterocycles. The molecule has 1 aromatic rings. The van der Waals surface area contributed by atoms with E-state index in [1.807, 2.05) is 0 Å². The maximum atomic E-state index is 13.5. The fourth-order valence-electron chi connectivity index (χ4n) is 2.14. The minimum Gasteiger partial charge on any atom is -0.383 e. The van der Waals surface area contributed by atoms with E-state index in [0.717, 1.165) is 18.9 Å². The van der Waals surface area contributed by atoms with Gasteiger partial charge in [0.15, 0.2) is 0 Å². The third kappa shape index (κ3) is 6.69. The first-order chi connectivity index (χ1) is 9.65. The van der Waals surface area contributed by atoms with E-state index in [0.29, 0.717) is 6.54 Å². The summed E-state index contributed by atoms with van der Waals surface area (Å²) in [6, 6.07) is 2.36. The molecule has 0 aliphatic carbocycles. The molecule has 4 heteroatoms. The number of anilines is 1. The lowest BCUT2D eigenvalue weighted by Crippen LogP contribution is -2.04. The van der Waals surface area contributed by atoms with Gasteiger partial charge in [0.05, 0.1) is 10.2 Å². The number of halogens is 3. The maximum absolute atomic E-state index is 13.5. The monoisotopic (exact) mass is 347 g/mol. The highest BCUT2D eigenvalue weighted by Gasteiger charge is 2.07. The normalized spacial score (nSPS) is 10.8. The minimum absolute atomic E-state index is 0.160. The van der Waals surface area contributed by atoms with Gasteiger partial charge >= 0.3 is 0 Å². The fraction of sp³-hybridized carbons (Fsp3) is 0.625. The van der Waals surface area contributed by atoms with Crippen molar-refractivity contribution in [3.8, 4) is 0 Å². The molecule has 1 N–H and O–H groups in total. The topological polar surface area (TPSA) is 12.0 Å². The summed E-state index contributed by atoms with van der Waals surface area (Å²) in [5.74, 6) is -0.859. The lowest BCUT2D eigenvalue weighted by molar-refractivity contribution is 0.578. The predicted octanol–water partition coefficient (Wildman–Crippen LogP) is 6.28. The van der Waals surface area contributed by atoms with Crippen LogP contribution >= 0.6 is 15.9 Å². The van der Waals surface area contributed by atoms with Crippen LogP contribution in [0.4, 0.5) is 14.5 Å². The summed E-state index contributed by atoms with van der Waals surface area (Å²) in [5, 5.41) is 2.96. The number of hydrogen-bond acceptors (Lipinski definition) is 1. The molecule has 0 unspecified atom stereocenters. The van der Waals surface area contributed by atoms with Crippen LogP contribution in [0.25, 0.3) is 0 Å². The zero-order valence-corrected chi connectivity index (χ0v) is 13.7. The number of benzene rings is 1. The van der Waals surface area contributed by atoms with E-state index in [9.17, 15) is 8.78 Å². The van der Waals surface area contributed by atoms with Gasteiger partial charge in [-0.05, 0) is 28.4 Å². The summed E-state index contributed by atoms with van der Waals surface area (Å²) in [5.41, 5.74) is 0.244. The van der Waals surface area contributed by atoms with Crippen molar-refractivity contribution in [1.29, 1.82) is 0 Å². The van der Waals surface area contributed by atoms with Gasteiger partial charge in [-0.1, -0.05) is 51.9 Å². The zero-order valence-electron chi connectivity index (χ0n) is 12.2. The Morgan fingerprint density at radius 3 is 2.15 bits per heavy atom. The van der Waals surface area contributed by atoms with Gasteiger partial charge < -0.3 is 5.32 Å². The molecule has 114 valence electrons. The third-order valence-corrected chi connectivity index (χ3v) is 3.96. The molecule has 1 rings (SSSR count). The van der Waals surface area contributed by atoms with Crippen molar-refractivity contribution in [2.75, 3.05) is 11.9 Å². The van der Waals surface area contributed by atoms with Gasteiger partial charge in [0.1, 0.15) is 11.6 Å². The molecule has 0 fully saturated rings. The summed E-state index contributed by atoms with van der Waals surface area (Å²) in [4.78, 5) is 0. The molecular formula is C16H24BrF2N. The van der Waals surface area contributed by atoms with E-state index in [2.05, 4.69) is 28.2 Å². The van der Waals surface area contributed by atoms with Gasteiger partial charge in [-0.15, -0.1) is 0 Å². The fourth-order valence-corrected chi connectivity index (χ4v) is 2.46. The van der Waals surface area contributed by atoms with Crippen LogP contribution in [0.1, 0.15) is 58.3 Å². The molecule has 0 aliphatic rings. The average molecular weight is 348 g/mol. The average Bonchev–Trinajstić information content (AvgIpc) is 2.42. The first kappa shape index (κ1) is 17.4. The zero-order chi connectivity index (χ0) is 14.8. The van der Waals surface area contributed by atoms with Crippen LogP contribution in [-0.2, 0) is 0 Å². The standard InChI is InChI=1S/C16H24BrF2N/c1-2-3-4-5-6-7-8-9-10-20-16-12-14(18)13(17)11-15(16)19/h11-12,20H,2-10H2,1H3. The smallest absolute Gasteiger partial charge is 0.147 e. The second-order valence-corrected chi connectivity index (χ2v) is 6.00. The summed E-state index contributed by atoms with van der Waals surface area (Å²) in [6.07, 6.45) is 9.88. The minimum atomic E-state index is -0.440. The molecular weight excluding hydrogens is 324 g/mol. The van der Waals surface area contributed by atoms with Gasteiger partial charge in [0.2, 0.25) is 0 Å². The van der Waals surface area contributed by atoms with Crippen molar-refractivity contribution in [3.63, 3.8) is 0 Å². The number of nitrogens with one attached hydrogen (secondary N) is 1. The van der Waals surface area contributed by atoms with E-state index in [1.165, 1.54) is 44.6 Å². The Kier molecular flexibility index (Phi) is 8.83. The molecule has 1 nitrogen and oxygen atoms in total. The summed E-state index contributed by atoms with van der Waals surface area (Å²) >= 11 is 2.97. The third-order valence-electron chi connectivity index (χ3n) is 3.36. The van der Waals surface area contributed by atoms with E-state index in [-0.39, 0.29) is 10.2 Å². The second kappa shape index (κ2) is 10.1. The van der Waals surface area contributed by atoms with E-state index in [4.69, 9.17) is 0 Å². The molecule has 0 spiro atoms. The van der Waals surface area contributed by atoms with Crippen LogP contribution in [0.5, 0.6) is 0 Å². The molecule has 20 heavy (non-hydrogen) atoms. The van der Waals surface area contributed by atoms with Crippen molar-refractivity contribution in [2.45, 2.75) is 58.3 Å². The molecule has 0 aromatic heterocycles. The lowest BCUT2D eigenvalue weighted by Gasteiger charge is -2.08. The van der Waals surface area contributed by atoms with Crippen molar-refractivity contribution in [2.24, 2.45) is 0 Å². The number of hydrogen-bond donors (Lipinski definition) is 1. The lowest BCUT2D eigenvalue weighted by atomic mass is 10.1. The largest absolute Gasteiger partial charge is 0.383 e. The summed E-state index contributed by atoms with van der Waals surface area (Å²) < 4.78 is 27.0. The quantitative estimate of drug-likeness (QED) is 0.388. The molecule has 0 amide bonds. The Bertz CT molecular complexity index is 396. The van der Waals surface area contributed by atoms with E-state index >= 15 is 0 Å². The molecule has 0 saturated heterocycles. The van der Waals surface area contributed by atoms with Crippen LogP contribution in [-0.4, -0.2) is 6.54 Å². The van der Waals surface area contributed by atoms with Gasteiger partial charge in [0.25, 0.3) is 0 Å². The van der Waals surface area contributed by atoms with Crippen LogP contribution < -0.4 is 5.32 Å². The maximum Gasteiger partial charge on any atom is 0.147 e. The molecule has 0 saturated carbocycles. The molecule has 0 radical (unpaired) electrons. The number of rotatable bonds is 10. The highest BCUT2D eigenvalue weighted by atomic mass is 79.9.